The van der Waals surface area contributed by atoms with E-state index in [1.54, 1.807) is 0 Å². The quantitative estimate of drug-likeness (QED) is 0.909. The fraction of sp³-hybridized carbons (Fsp3) is 0.556. The van der Waals surface area contributed by atoms with Gasteiger partial charge in [0.15, 0.2) is 0 Å². The fourth-order valence-corrected chi connectivity index (χ4v) is 5.49. The molecule has 1 aliphatic rings. The van der Waals surface area contributed by atoms with Gasteiger partial charge in [-0.15, -0.1) is 23.7 Å². The lowest BCUT2D eigenvalue weighted by atomic mass is 10.1. The number of nitrogens with two attached hydrogens (primary N) is 1. The molecule has 1 atom stereocenters. The van der Waals surface area contributed by atoms with Crippen LogP contribution in [-0.4, -0.2) is 32.4 Å². The molecule has 0 saturated carbocycles. The molecule has 1 saturated heterocycles. The number of halogens is 3. The molecule has 1 unspecified atom stereocenters. The third-order valence-electron chi connectivity index (χ3n) is 2.83. The first kappa shape index (κ1) is 16.5. The summed E-state index contributed by atoms with van der Waals surface area (Å²) in [6.45, 7) is 1.46. The van der Waals surface area contributed by atoms with E-state index >= 15 is 0 Å². The lowest BCUT2D eigenvalue weighted by Crippen LogP contribution is -2.29. The Labute approximate surface area is 127 Å². The summed E-state index contributed by atoms with van der Waals surface area (Å²) < 4.78 is 26.6. The highest BCUT2D eigenvalue weighted by Gasteiger charge is 2.34. The zero-order valence-electron chi connectivity index (χ0n) is 9.30. The molecule has 0 radical (unpaired) electrons. The molecule has 1 aromatic heterocycles. The van der Waals surface area contributed by atoms with Crippen molar-refractivity contribution >= 4 is 57.0 Å². The number of hydrogen-bond acceptors (Lipinski definition) is 4. The van der Waals surface area contributed by atoms with Crippen LogP contribution in [0, 0.1) is 5.92 Å². The number of hydrogen-bond donors (Lipinski definition) is 1. The van der Waals surface area contributed by atoms with Crippen LogP contribution >= 0.6 is 46.9 Å². The molecule has 4 nitrogen and oxygen atoms in total. The Morgan fingerprint density at radius 2 is 2.17 bits per heavy atom. The van der Waals surface area contributed by atoms with Crippen LogP contribution in [0.25, 0.3) is 0 Å². The summed E-state index contributed by atoms with van der Waals surface area (Å²) in [4.78, 5) is 0.104. The Kier molecular flexibility index (Phi) is 5.74. The van der Waals surface area contributed by atoms with Gasteiger partial charge in [0.05, 0.1) is 4.34 Å². The van der Waals surface area contributed by atoms with Crippen LogP contribution in [0.15, 0.2) is 11.0 Å². The molecule has 1 fully saturated rings. The van der Waals surface area contributed by atoms with Crippen LogP contribution in [0.3, 0.4) is 0 Å². The maximum atomic E-state index is 12.3. The predicted molar refractivity (Wildman–Crippen MR) is 77.5 cm³/mol. The van der Waals surface area contributed by atoms with E-state index in [0.29, 0.717) is 24.0 Å². The summed E-state index contributed by atoms with van der Waals surface area (Å²) in [5, 5.41) is 0. The molecule has 0 spiro atoms. The summed E-state index contributed by atoms with van der Waals surface area (Å²) in [7, 11) is -3.52. The molecule has 104 valence electrons. The monoisotopic (exact) mass is 350 g/mol. The number of sulfonamides is 1. The zero-order valence-corrected chi connectivity index (χ0v) is 13.3. The summed E-state index contributed by atoms with van der Waals surface area (Å²) >= 11 is 12.7. The highest BCUT2D eigenvalue weighted by Crippen LogP contribution is 2.36. The summed E-state index contributed by atoms with van der Waals surface area (Å²) in [6, 6.07) is 1.40. The van der Waals surface area contributed by atoms with Gasteiger partial charge in [0.1, 0.15) is 9.23 Å². The SMILES string of the molecule is Cl.NCC1CCN(S(=O)(=O)c2cc(Cl)sc2Cl)C1. The molecular weight excluding hydrogens is 339 g/mol. The van der Waals surface area contributed by atoms with Crippen molar-refractivity contribution in [2.75, 3.05) is 19.6 Å². The third-order valence-corrected chi connectivity index (χ3v) is 6.44. The van der Waals surface area contributed by atoms with Crippen molar-refractivity contribution in [3.05, 3.63) is 14.7 Å². The lowest BCUT2D eigenvalue weighted by molar-refractivity contribution is 0.459. The van der Waals surface area contributed by atoms with E-state index in [0.717, 1.165) is 17.8 Å². The molecule has 0 amide bonds. The van der Waals surface area contributed by atoms with Crippen molar-refractivity contribution in [1.82, 2.24) is 4.31 Å². The highest BCUT2D eigenvalue weighted by atomic mass is 35.5. The van der Waals surface area contributed by atoms with E-state index in [1.807, 2.05) is 0 Å². The van der Waals surface area contributed by atoms with E-state index in [1.165, 1.54) is 10.4 Å². The molecule has 2 N–H and O–H groups in total. The van der Waals surface area contributed by atoms with Gasteiger partial charge < -0.3 is 5.73 Å². The normalized spacial score (nSPS) is 20.9. The number of rotatable bonds is 3. The smallest absolute Gasteiger partial charge is 0.245 e. The maximum absolute atomic E-state index is 12.3. The molecule has 9 heteroatoms. The van der Waals surface area contributed by atoms with Crippen molar-refractivity contribution < 1.29 is 8.42 Å². The van der Waals surface area contributed by atoms with Gasteiger partial charge in [-0.3, -0.25) is 0 Å². The van der Waals surface area contributed by atoms with Gasteiger partial charge in [0, 0.05) is 13.1 Å². The third kappa shape index (κ3) is 3.12. The van der Waals surface area contributed by atoms with Gasteiger partial charge in [0.25, 0.3) is 0 Å². The molecular formula is C9H13Cl3N2O2S2. The molecule has 1 aromatic rings. The Hall–Kier alpha value is 0.440. The van der Waals surface area contributed by atoms with Crippen LogP contribution in [-0.2, 0) is 10.0 Å². The van der Waals surface area contributed by atoms with Crippen LogP contribution in [0.5, 0.6) is 0 Å². The van der Waals surface area contributed by atoms with Gasteiger partial charge in [-0.2, -0.15) is 4.31 Å². The maximum Gasteiger partial charge on any atom is 0.245 e. The molecule has 0 aliphatic carbocycles. The van der Waals surface area contributed by atoms with Crippen molar-refractivity contribution in [2.45, 2.75) is 11.3 Å². The second-order valence-corrected chi connectivity index (χ2v) is 8.13. The first-order valence-corrected chi connectivity index (χ1v) is 8.11. The molecule has 0 bridgehead atoms. The minimum absolute atomic E-state index is 0. The first-order valence-electron chi connectivity index (χ1n) is 5.10. The molecule has 18 heavy (non-hydrogen) atoms. The van der Waals surface area contributed by atoms with Gasteiger partial charge >= 0.3 is 0 Å². The molecule has 2 rings (SSSR count). The number of thiophene rings is 1. The van der Waals surface area contributed by atoms with Gasteiger partial charge in [-0.1, -0.05) is 23.2 Å². The Balaban J connectivity index is 0.00000162. The standard InChI is InChI=1S/C9H12Cl2N2O2S2.ClH/c10-8-3-7(9(11)16-8)17(14,15)13-2-1-6(4-12)5-13;/h3,6H,1-2,4-5,12H2;1H. The van der Waals surface area contributed by atoms with Gasteiger partial charge in [-0.05, 0) is 24.9 Å². The van der Waals surface area contributed by atoms with Crippen LogP contribution < -0.4 is 5.73 Å². The Morgan fingerprint density at radius 3 is 2.61 bits per heavy atom. The van der Waals surface area contributed by atoms with E-state index in [4.69, 9.17) is 28.9 Å². The first-order chi connectivity index (χ1) is 7.95. The van der Waals surface area contributed by atoms with Crippen molar-refractivity contribution in [3.8, 4) is 0 Å². The molecule has 0 aromatic carbocycles. The minimum atomic E-state index is -3.52. The largest absolute Gasteiger partial charge is 0.330 e. The van der Waals surface area contributed by atoms with Crippen LogP contribution in [0.1, 0.15) is 6.42 Å². The topological polar surface area (TPSA) is 63.4 Å². The second-order valence-electron chi connectivity index (χ2n) is 3.94. The van der Waals surface area contributed by atoms with E-state index in [2.05, 4.69) is 0 Å². The Bertz CT molecular complexity index is 518. The van der Waals surface area contributed by atoms with E-state index in [-0.39, 0.29) is 27.6 Å². The number of nitrogens with zero attached hydrogens (tertiary/aromatic N) is 1. The zero-order chi connectivity index (χ0) is 12.6. The summed E-state index contributed by atoms with van der Waals surface area (Å²) in [5.74, 6) is 0.234. The van der Waals surface area contributed by atoms with Crippen LogP contribution in [0.4, 0.5) is 0 Å². The van der Waals surface area contributed by atoms with E-state index in [9.17, 15) is 8.42 Å². The minimum Gasteiger partial charge on any atom is -0.330 e. The fourth-order valence-electron chi connectivity index (χ4n) is 1.85. The summed E-state index contributed by atoms with van der Waals surface area (Å²) in [6.07, 6.45) is 0.797. The van der Waals surface area contributed by atoms with Crippen molar-refractivity contribution in [3.63, 3.8) is 0 Å². The molecule has 1 aliphatic heterocycles. The lowest BCUT2D eigenvalue weighted by Gasteiger charge is -2.15. The molecule has 2 heterocycles. The second kappa shape index (κ2) is 6.26. The van der Waals surface area contributed by atoms with Crippen molar-refractivity contribution in [2.24, 2.45) is 11.7 Å². The average Bonchev–Trinajstić information content (AvgIpc) is 2.85. The van der Waals surface area contributed by atoms with Crippen molar-refractivity contribution in [1.29, 1.82) is 0 Å². The summed E-state index contributed by atoms with van der Waals surface area (Å²) in [5.41, 5.74) is 5.55. The highest BCUT2D eigenvalue weighted by molar-refractivity contribution is 7.89. The van der Waals surface area contributed by atoms with Gasteiger partial charge in [0.2, 0.25) is 10.0 Å². The predicted octanol–water partition coefficient (Wildman–Crippen LogP) is 2.45. The Morgan fingerprint density at radius 1 is 1.50 bits per heavy atom. The van der Waals surface area contributed by atoms with E-state index < -0.39 is 10.0 Å². The average molecular weight is 352 g/mol. The van der Waals surface area contributed by atoms with Crippen LogP contribution in [0.2, 0.25) is 8.67 Å². The van der Waals surface area contributed by atoms with Gasteiger partial charge in [-0.25, -0.2) is 8.42 Å².